The van der Waals surface area contributed by atoms with Crippen LogP contribution in [0, 0.1) is 0 Å². The molecular formula is C14H23N3OS. The van der Waals surface area contributed by atoms with E-state index in [2.05, 4.69) is 34.1 Å². The summed E-state index contributed by atoms with van der Waals surface area (Å²) in [5, 5.41) is 8.47. The largest absolute Gasteiger partial charge is 0.339 e. The maximum Gasteiger partial charge on any atom is 0.229 e. The Labute approximate surface area is 119 Å². The molecule has 0 spiro atoms. The Hall–Kier alpha value is -0.550. The van der Waals surface area contributed by atoms with Gasteiger partial charge in [-0.05, 0) is 31.4 Å². The summed E-state index contributed by atoms with van der Waals surface area (Å²) in [5.41, 5.74) is 0. The Morgan fingerprint density at radius 3 is 2.89 bits per heavy atom. The van der Waals surface area contributed by atoms with E-state index in [0.717, 1.165) is 23.5 Å². The Kier molecular flexibility index (Phi) is 4.43. The molecule has 1 N–H and O–H groups in total. The maximum absolute atomic E-state index is 5.30. The smallest absolute Gasteiger partial charge is 0.229 e. The van der Waals surface area contributed by atoms with Gasteiger partial charge in [-0.1, -0.05) is 24.9 Å². The molecule has 0 bridgehead atoms. The molecule has 0 saturated heterocycles. The molecule has 19 heavy (non-hydrogen) atoms. The highest BCUT2D eigenvalue weighted by Crippen LogP contribution is 2.38. The molecule has 2 fully saturated rings. The van der Waals surface area contributed by atoms with E-state index >= 15 is 0 Å². The highest BCUT2D eigenvalue weighted by atomic mass is 32.2. The zero-order chi connectivity index (χ0) is 13.1. The van der Waals surface area contributed by atoms with Gasteiger partial charge in [-0.25, -0.2) is 0 Å². The van der Waals surface area contributed by atoms with Crippen molar-refractivity contribution in [2.24, 2.45) is 0 Å². The van der Waals surface area contributed by atoms with E-state index in [-0.39, 0.29) is 0 Å². The molecule has 2 aliphatic rings. The Morgan fingerprint density at radius 1 is 1.26 bits per heavy atom. The fraction of sp³-hybridized carbons (Fsp3) is 0.857. The number of hydrogen-bond acceptors (Lipinski definition) is 5. The summed E-state index contributed by atoms with van der Waals surface area (Å²) in [4.78, 5) is 4.48. The second-order valence-electron chi connectivity index (χ2n) is 5.59. The van der Waals surface area contributed by atoms with Crippen molar-refractivity contribution < 1.29 is 4.52 Å². The second-order valence-corrected chi connectivity index (χ2v) is 7.10. The van der Waals surface area contributed by atoms with E-state index in [1.165, 1.54) is 44.3 Å². The lowest BCUT2D eigenvalue weighted by Crippen LogP contribution is -2.40. The number of thioether (sulfide) groups is 1. The van der Waals surface area contributed by atoms with Crippen molar-refractivity contribution in [3.05, 3.63) is 11.7 Å². The van der Waals surface area contributed by atoms with E-state index in [0.29, 0.717) is 12.0 Å². The summed E-state index contributed by atoms with van der Waals surface area (Å²) in [6.45, 7) is 3.00. The fourth-order valence-electron chi connectivity index (χ4n) is 2.80. The van der Waals surface area contributed by atoms with E-state index in [9.17, 15) is 0 Å². The zero-order valence-corrected chi connectivity index (χ0v) is 12.4. The highest BCUT2D eigenvalue weighted by Gasteiger charge is 2.30. The third-order valence-corrected chi connectivity index (χ3v) is 5.34. The zero-order valence-electron chi connectivity index (χ0n) is 11.6. The van der Waals surface area contributed by atoms with Crippen LogP contribution < -0.4 is 5.32 Å². The highest BCUT2D eigenvalue weighted by molar-refractivity contribution is 7.99. The molecular weight excluding hydrogens is 258 g/mol. The summed E-state index contributed by atoms with van der Waals surface area (Å²) in [7, 11) is 0. The third kappa shape index (κ3) is 3.51. The molecule has 2 atom stereocenters. The molecule has 0 amide bonds. The van der Waals surface area contributed by atoms with Crippen LogP contribution in [0.3, 0.4) is 0 Å². The van der Waals surface area contributed by atoms with Crippen LogP contribution in [-0.2, 0) is 6.54 Å². The monoisotopic (exact) mass is 281 g/mol. The van der Waals surface area contributed by atoms with Crippen LogP contribution in [0.1, 0.15) is 63.1 Å². The van der Waals surface area contributed by atoms with Crippen molar-refractivity contribution in [3.63, 3.8) is 0 Å². The van der Waals surface area contributed by atoms with Gasteiger partial charge in [0.15, 0.2) is 5.82 Å². The molecule has 4 nitrogen and oxygen atoms in total. The molecule has 1 heterocycles. The minimum Gasteiger partial charge on any atom is -0.339 e. The quantitative estimate of drug-likeness (QED) is 0.868. The molecule has 2 aliphatic carbocycles. The van der Waals surface area contributed by atoms with Crippen molar-refractivity contribution in [3.8, 4) is 0 Å². The number of hydrogen-bond donors (Lipinski definition) is 1. The molecule has 1 aromatic rings. The third-order valence-electron chi connectivity index (χ3n) is 4.02. The number of nitrogens with one attached hydrogen (secondary N) is 1. The number of nitrogens with zero attached hydrogens (tertiary/aromatic N) is 2. The summed E-state index contributed by atoms with van der Waals surface area (Å²) < 4.78 is 5.30. The molecule has 3 rings (SSSR count). The van der Waals surface area contributed by atoms with Gasteiger partial charge in [0.25, 0.3) is 0 Å². The minimum absolute atomic E-state index is 0.555. The predicted molar refractivity (Wildman–Crippen MR) is 77.3 cm³/mol. The van der Waals surface area contributed by atoms with Gasteiger partial charge in [-0.2, -0.15) is 16.7 Å². The molecule has 2 saturated carbocycles. The summed E-state index contributed by atoms with van der Waals surface area (Å²) in [6, 6.07) is 0.613. The van der Waals surface area contributed by atoms with Crippen LogP contribution >= 0.6 is 11.8 Å². The molecule has 5 heteroatoms. The van der Waals surface area contributed by atoms with Crippen molar-refractivity contribution in [1.82, 2.24) is 15.5 Å². The lowest BCUT2D eigenvalue weighted by atomic mass is 9.95. The predicted octanol–water partition coefficient (Wildman–Crippen LogP) is 3.10. The molecule has 0 unspecified atom stereocenters. The lowest BCUT2D eigenvalue weighted by Gasteiger charge is -2.31. The number of aromatic nitrogens is 2. The second kappa shape index (κ2) is 6.27. The Morgan fingerprint density at radius 2 is 2.11 bits per heavy atom. The lowest BCUT2D eigenvalue weighted by molar-refractivity contribution is 0.359. The van der Waals surface area contributed by atoms with Crippen molar-refractivity contribution in [2.75, 3.05) is 5.75 Å². The van der Waals surface area contributed by atoms with Gasteiger partial charge >= 0.3 is 0 Å². The summed E-state index contributed by atoms with van der Waals surface area (Å²) in [5.74, 6) is 3.43. The normalized spacial score (nSPS) is 27.6. The fourth-order valence-corrected chi connectivity index (χ4v) is 4.03. The average molecular weight is 281 g/mol. The van der Waals surface area contributed by atoms with Gasteiger partial charge in [-0.3, -0.25) is 0 Å². The standard InChI is InChI=1S/C14H23N3OS/c1-2-19-12-6-4-3-5-11(12)15-9-13-16-14(18-17-13)10-7-8-10/h10-12,15H,2-9H2,1H3/t11-,12+/m1/s1. The van der Waals surface area contributed by atoms with Gasteiger partial charge in [0, 0.05) is 17.2 Å². The first-order valence-electron chi connectivity index (χ1n) is 7.54. The van der Waals surface area contributed by atoms with Gasteiger partial charge in [0.1, 0.15) is 0 Å². The van der Waals surface area contributed by atoms with Crippen LogP contribution in [0.15, 0.2) is 4.52 Å². The van der Waals surface area contributed by atoms with Gasteiger partial charge in [0.05, 0.1) is 6.54 Å². The van der Waals surface area contributed by atoms with Crippen LogP contribution in [0.25, 0.3) is 0 Å². The Bertz CT molecular complexity index is 403. The summed E-state index contributed by atoms with van der Waals surface area (Å²) in [6.07, 6.45) is 7.78. The van der Waals surface area contributed by atoms with Gasteiger partial charge in [-0.15, -0.1) is 0 Å². The SMILES string of the molecule is CCS[C@H]1CCCC[C@H]1NCc1noc(C2CC2)n1. The van der Waals surface area contributed by atoms with Crippen LogP contribution in [0.4, 0.5) is 0 Å². The van der Waals surface area contributed by atoms with Crippen molar-refractivity contribution >= 4 is 11.8 Å². The van der Waals surface area contributed by atoms with E-state index < -0.39 is 0 Å². The van der Waals surface area contributed by atoms with E-state index in [4.69, 9.17) is 4.52 Å². The first-order chi connectivity index (χ1) is 9.36. The molecule has 0 radical (unpaired) electrons. The maximum atomic E-state index is 5.30. The molecule has 0 aromatic carbocycles. The molecule has 1 aromatic heterocycles. The van der Waals surface area contributed by atoms with Crippen LogP contribution in [0.2, 0.25) is 0 Å². The van der Waals surface area contributed by atoms with E-state index in [1.54, 1.807) is 0 Å². The summed E-state index contributed by atoms with van der Waals surface area (Å²) >= 11 is 2.09. The first kappa shape index (κ1) is 13.4. The van der Waals surface area contributed by atoms with Crippen molar-refractivity contribution in [1.29, 1.82) is 0 Å². The van der Waals surface area contributed by atoms with Crippen molar-refractivity contribution in [2.45, 2.75) is 69.2 Å². The minimum atomic E-state index is 0.555. The van der Waals surface area contributed by atoms with E-state index in [1.807, 2.05) is 0 Å². The van der Waals surface area contributed by atoms with Gasteiger partial charge < -0.3 is 9.84 Å². The molecule has 0 aliphatic heterocycles. The van der Waals surface area contributed by atoms with Crippen LogP contribution in [-0.4, -0.2) is 27.2 Å². The Balaban J connectivity index is 1.51. The first-order valence-corrected chi connectivity index (χ1v) is 8.59. The topological polar surface area (TPSA) is 51.0 Å². The van der Waals surface area contributed by atoms with Crippen LogP contribution in [0.5, 0.6) is 0 Å². The van der Waals surface area contributed by atoms with Gasteiger partial charge in [0.2, 0.25) is 5.89 Å². The average Bonchev–Trinajstić information content (AvgIpc) is 3.18. The number of rotatable bonds is 6. The molecule has 106 valence electrons.